The first-order valence-corrected chi connectivity index (χ1v) is 33.3. The number of unbranched alkanes of at least 4 members (excludes halogenated alkanes) is 30. The normalized spacial score (nSPS) is 13.8. The maximum atomic E-state index is 12.8. The molecule has 9 nitrogen and oxygen atoms in total. The minimum absolute atomic E-state index is 0.0342. The highest BCUT2D eigenvalue weighted by Crippen LogP contribution is 2.38. The van der Waals surface area contributed by atoms with E-state index in [1.807, 2.05) is 21.1 Å². The van der Waals surface area contributed by atoms with E-state index in [0.29, 0.717) is 23.9 Å². The molecule has 0 aromatic carbocycles. The maximum Gasteiger partial charge on any atom is 0.306 e. The molecule has 0 aromatic heterocycles. The summed E-state index contributed by atoms with van der Waals surface area (Å²) >= 11 is 0. The zero-order valence-electron chi connectivity index (χ0n) is 50.6. The summed E-state index contributed by atoms with van der Waals surface area (Å²) in [6.07, 6.45) is 78.0. The van der Waals surface area contributed by atoms with Crippen molar-refractivity contribution in [3.05, 3.63) is 85.1 Å². The fourth-order valence-electron chi connectivity index (χ4n) is 8.77. The van der Waals surface area contributed by atoms with Crippen LogP contribution in [0, 0.1) is 0 Å². The third kappa shape index (κ3) is 62.3. The van der Waals surface area contributed by atoms with E-state index in [-0.39, 0.29) is 26.1 Å². The fraction of sp³-hybridized carbons (Fsp3) is 0.761. The molecule has 0 spiro atoms. The quantitative estimate of drug-likeness (QED) is 0.0195. The van der Waals surface area contributed by atoms with Gasteiger partial charge >= 0.3 is 11.9 Å². The topological polar surface area (TPSA) is 111 Å². The highest BCUT2D eigenvalue weighted by atomic mass is 31.2. The maximum absolute atomic E-state index is 12.8. The molecule has 0 aliphatic carbocycles. The zero-order chi connectivity index (χ0) is 56.3. The van der Waals surface area contributed by atoms with Crippen LogP contribution in [-0.2, 0) is 32.7 Å². The first-order valence-electron chi connectivity index (χ1n) is 31.8. The smallest absolute Gasteiger partial charge is 0.306 e. The molecule has 0 aromatic rings. The van der Waals surface area contributed by atoms with E-state index in [0.717, 1.165) is 89.9 Å². The van der Waals surface area contributed by atoms with Crippen LogP contribution >= 0.6 is 7.82 Å². The lowest BCUT2D eigenvalue weighted by atomic mass is 10.0. The largest absolute Gasteiger partial charge is 0.756 e. The number of rotatable bonds is 58. The second-order valence-electron chi connectivity index (χ2n) is 22.4. The van der Waals surface area contributed by atoms with Crippen molar-refractivity contribution in [2.45, 2.75) is 283 Å². The van der Waals surface area contributed by atoms with Crippen molar-refractivity contribution < 1.29 is 42.1 Å². The summed E-state index contributed by atoms with van der Waals surface area (Å²) in [5.74, 6) is -0.842. The van der Waals surface area contributed by atoms with Gasteiger partial charge in [0.15, 0.2) is 6.10 Å². The van der Waals surface area contributed by atoms with Crippen LogP contribution in [0.4, 0.5) is 0 Å². The van der Waals surface area contributed by atoms with Crippen LogP contribution < -0.4 is 4.89 Å². The molecule has 77 heavy (non-hydrogen) atoms. The molecule has 0 fully saturated rings. The summed E-state index contributed by atoms with van der Waals surface area (Å²) in [6.45, 7) is 4.11. The number of hydrogen-bond acceptors (Lipinski definition) is 8. The van der Waals surface area contributed by atoms with Crippen LogP contribution in [-0.4, -0.2) is 70.0 Å². The van der Waals surface area contributed by atoms with Gasteiger partial charge in [0.25, 0.3) is 7.82 Å². The van der Waals surface area contributed by atoms with Gasteiger partial charge in [0.1, 0.15) is 19.8 Å². The van der Waals surface area contributed by atoms with E-state index in [1.165, 1.54) is 148 Å². The summed E-state index contributed by atoms with van der Waals surface area (Å²) in [6, 6.07) is 0. The average molecular weight is 1100 g/mol. The molecule has 0 aliphatic heterocycles. The molecule has 0 rings (SSSR count). The van der Waals surface area contributed by atoms with Crippen LogP contribution in [0.2, 0.25) is 0 Å². The Morgan fingerprint density at radius 1 is 0.416 bits per heavy atom. The lowest BCUT2D eigenvalue weighted by Crippen LogP contribution is -2.37. The van der Waals surface area contributed by atoms with Crippen molar-refractivity contribution in [1.82, 2.24) is 0 Å². The monoisotopic (exact) mass is 1100 g/mol. The van der Waals surface area contributed by atoms with Gasteiger partial charge in [-0.05, 0) is 89.9 Å². The molecular weight excluding hydrogens is 978 g/mol. The van der Waals surface area contributed by atoms with Crippen molar-refractivity contribution in [2.75, 3.05) is 47.5 Å². The van der Waals surface area contributed by atoms with Crippen molar-refractivity contribution in [2.24, 2.45) is 0 Å². The van der Waals surface area contributed by atoms with Gasteiger partial charge in [-0.15, -0.1) is 0 Å². The number of allylic oxidation sites excluding steroid dienone is 14. The number of hydrogen-bond donors (Lipinski definition) is 0. The number of phosphoric acid groups is 1. The number of carbonyl (C=O) groups is 2. The van der Waals surface area contributed by atoms with Crippen LogP contribution in [0.5, 0.6) is 0 Å². The molecule has 2 unspecified atom stereocenters. The van der Waals surface area contributed by atoms with Crippen molar-refractivity contribution in [3.8, 4) is 0 Å². The number of carbonyl (C=O) groups excluding carboxylic acids is 2. The lowest BCUT2D eigenvalue weighted by Gasteiger charge is -2.28. The second kappa shape index (κ2) is 57.9. The molecule has 0 amide bonds. The predicted octanol–water partition coefficient (Wildman–Crippen LogP) is 19.6. The second-order valence-corrected chi connectivity index (χ2v) is 23.8. The molecule has 2 atom stereocenters. The van der Waals surface area contributed by atoms with Crippen LogP contribution in [0.1, 0.15) is 277 Å². The molecule has 0 saturated carbocycles. The number of nitrogens with zero attached hydrogens (tertiary/aromatic N) is 1. The van der Waals surface area contributed by atoms with Gasteiger partial charge in [-0.1, -0.05) is 259 Å². The van der Waals surface area contributed by atoms with Crippen LogP contribution in [0.3, 0.4) is 0 Å². The summed E-state index contributed by atoms with van der Waals surface area (Å²) in [5.41, 5.74) is 0. The van der Waals surface area contributed by atoms with Crippen molar-refractivity contribution in [1.29, 1.82) is 0 Å². The number of esters is 2. The van der Waals surface area contributed by atoms with Gasteiger partial charge in [0.2, 0.25) is 0 Å². The van der Waals surface area contributed by atoms with E-state index in [1.54, 1.807) is 0 Å². The summed E-state index contributed by atoms with van der Waals surface area (Å²) < 4.78 is 34.2. The fourth-order valence-corrected chi connectivity index (χ4v) is 9.50. The first-order chi connectivity index (χ1) is 37.5. The number of ether oxygens (including phenoxy) is 2. The Hall–Kier alpha value is -2.81. The number of quaternary nitrogens is 1. The third-order valence-electron chi connectivity index (χ3n) is 13.6. The molecular formula is C67H120NO8P. The van der Waals surface area contributed by atoms with E-state index < -0.39 is 32.5 Å². The average Bonchev–Trinajstić information content (AvgIpc) is 3.39. The van der Waals surface area contributed by atoms with Gasteiger partial charge in [0, 0.05) is 12.8 Å². The predicted molar refractivity (Wildman–Crippen MR) is 328 cm³/mol. The van der Waals surface area contributed by atoms with Crippen LogP contribution in [0.25, 0.3) is 0 Å². The summed E-state index contributed by atoms with van der Waals surface area (Å²) in [5, 5.41) is 0. The molecule has 0 saturated heterocycles. The van der Waals surface area contributed by atoms with Crippen molar-refractivity contribution in [3.63, 3.8) is 0 Å². The van der Waals surface area contributed by atoms with E-state index >= 15 is 0 Å². The standard InChI is InChI=1S/C67H120NO8P/c1-6-8-10-12-14-16-18-20-22-24-25-26-27-28-29-30-31-32-33-34-35-36-37-38-39-40-41-42-43-44-46-48-50-52-54-56-58-60-67(70)76-65(64-75-77(71,72)74-62-61-68(3,4)5)63-73-66(69)59-57-55-53-51-49-47-45-23-21-19-17-15-13-11-9-7-2/h8,10,14,16-17,19-20,22-23,25-26,28-29,45,65H,6-7,9,11-13,15,18,21,24,27,30-44,46-64H2,1-5H3/b10-8-,16-14-,19-17-,22-20-,26-25-,29-28-,45-23-. The number of likely N-dealkylation sites (N-methyl/N-ethyl adjacent to an activating group) is 1. The Balaban J connectivity index is 3.98. The third-order valence-corrected chi connectivity index (χ3v) is 14.6. The van der Waals surface area contributed by atoms with Gasteiger partial charge in [0.05, 0.1) is 27.7 Å². The van der Waals surface area contributed by atoms with E-state index in [4.69, 9.17) is 18.5 Å². The minimum atomic E-state index is -4.64. The lowest BCUT2D eigenvalue weighted by molar-refractivity contribution is -0.870. The Bertz CT molecular complexity index is 1580. The molecule has 0 heterocycles. The van der Waals surface area contributed by atoms with Crippen LogP contribution in [0.15, 0.2) is 85.1 Å². The highest BCUT2D eigenvalue weighted by Gasteiger charge is 2.22. The molecule has 0 aliphatic rings. The van der Waals surface area contributed by atoms with Gasteiger partial charge in [-0.2, -0.15) is 0 Å². The van der Waals surface area contributed by atoms with Gasteiger partial charge < -0.3 is 27.9 Å². The van der Waals surface area contributed by atoms with E-state index in [2.05, 4.69) is 98.9 Å². The molecule has 0 bridgehead atoms. The Kier molecular flexibility index (Phi) is 55.8. The summed E-state index contributed by atoms with van der Waals surface area (Å²) in [7, 11) is 1.16. The molecule has 0 radical (unpaired) electrons. The highest BCUT2D eigenvalue weighted by molar-refractivity contribution is 7.45. The first kappa shape index (κ1) is 74.2. The minimum Gasteiger partial charge on any atom is -0.756 e. The Labute approximate surface area is 475 Å². The molecule has 0 N–H and O–H groups in total. The zero-order valence-corrected chi connectivity index (χ0v) is 51.5. The molecule has 446 valence electrons. The SMILES string of the molecule is CC/C=C\C/C=C\C/C=C\C/C=C\C/C=C\CCCCCCCCCCCCCCCCCCCCCCCC(=O)OC(COC(=O)CCCCCCC/C=C\C/C=C\CCCCCC)COP(=O)([O-])OCC[N+](C)(C)C. The van der Waals surface area contributed by atoms with Gasteiger partial charge in [-0.3, -0.25) is 14.2 Å². The van der Waals surface area contributed by atoms with Gasteiger partial charge in [-0.25, -0.2) is 0 Å². The molecule has 10 heteroatoms. The number of phosphoric ester groups is 1. The summed E-state index contributed by atoms with van der Waals surface area (Å²) in [4.78, 5) is 37.9. The van der Waals surface area contributed by atoms with Crippen molar-refractivity contribution >= 4 is 19.8 Å². The Morgan fingerprint density at radius 2 is 0.740 bits per heavy atom. The Morgan fingerprint density at radius 3 is 1.10 bits per heavy atom. The van der Waals surface area contributed by atoms with E-state index in [9.17, 15) is 19.0 Å².